The van der Waals surface area contributed by atoms with Gasteiger partial charge in [0.25, 0.3) is 0 Å². The molecule has 1 aromatic carbocycles. The molecule has 0 saturated heterocycles. The Morgan fingerprint density at radius 1 is 1.44 bits per heavy atom. The SMILES string of the molecule is COC[C@H](N)c1ccc(Cl)c(C(F)(F)F)c1. The number of hydrogen-bond donors (Lipinski definition) is 1. The van der Waals surface area contributed by atoms with Crippen molar-refractivity contribution in [1.29, 1.82) is 0 Å². The lowest BCUT2D eigenvalue weighted by Crippen LogP contribution is -2.17. The monoisotopic (exact) mass is 253 g/mol. The predicted octanol–water partition coefficient (Wildman–Crippen LogP) is 3.01. The van der Waals surface area contributed by atoms with Crippen LogP contribution in [0, 0.1) is 0 Å². The van der Waals surface area contributed by atoms with Gasteiger partial charge in [-0.3, -0.25) is 0 Å². The first-order valence-electron chi connectivity index (χ1n) is 4.47. The number of ether oxygens (including phenoxy) is 1. The van der Waals surface area contributed by atoms with E-state index in [1.807, 2.05) is 0 Å². The van der Waals surface area contributed by atoms with Gasteiger partial charge in [-0.05, 0) is 17.7 Å². The molecule has 1 rings (SSSR count). The molecule has 0 fully saturated rings. The van der Waals surface area contributed by atoms with Gasteiger partial charge in [-0.25, -0.2) is 0 Å². The van der Waals surface area contributed by atoms with Crippen LogP contribution >= 0.6 is 11.6 Å². The highest BCUT2D eigenvalue weighted by molar-refractivity contribution is 6.31. The number of halogens is 4. The Balaban J connectivity index is 3.07. The van der Waals surface area contributed by atoms with Gasteiger partial charge in [-0.15, -0.1) is 0 Å². The molecule has 90 valence electrons. The van der Waals surface area contributed by atoms with Gasteiger partial charge >= 0.3 is 6.18 Å². The Labute approximate surface area is 96.1 Å². The molecule has 0 aliphatic rings. The molecule has 0 aliphatic carbocycles. The van der Waals surface area contributed by atoms with Gasteiger partial charge in [-0.1, -0.05) is 17.7 Å². The van der Waals surface area contributed by atoms with Crippen LogP contribution in [0.2, 0.25) is 5.02 Å². The molecular weight excluding hydrogens is 243 g/mol. The third kappa shape index (κ3) is 3.10. The number of hydrogen-bond acceptors (Lipinski definition) is 2. The van der Waals surface area contributed by atoms with E-state index in [9.17, 15) is 13.2 Å². The molecule has 0 bridgehead atoms. The average molecular weight is 254 g/mol. The third-order valence-corrected chi connectivity index (χ3v) is 2.40. The molecule has 0 radical (unpaired) electrons. The van der Waals surface area contributed by atoms with E-state index in [-0.39, 0.29) is 11.6 Å². The van der Waals surface area contributed by atoms with Crippen molar-refractivity contribution in [3.63, 3.8) is 0 Å². The molecule has 0 saturated carbocycles. The van der Waals surface area contributed by atoms with Crippen molar-refractivity contribution in [1.82, 2.24) is 0 Å². The fourth-order valence-electron chi connectivity index (χ4n) is 1.27. The Morgan fingerprint density at radius 3 is 2.56 bits per heavy atom. The van der Waals surface area contributed by atoms with E-state index >= 15 is 0 Å². The van der Waals surface area contributed by atoms with E-state index in [4.69, 9.17) is 22.1 Å². The summed E-state index contributed by atoms with van der Waals surface area (Å²) < 4.78 is 42.3. The van der Waals surface area contributed by atoms with Gasteiger partial charge in [0.15, 0.2) is 0 Å². The van der Waals surface area contributed by atoms with Gasteiger partial charge < -0.3 is 10.5 Å². The molecule has 6 heteroatoms. The van der Waals surface area contributed by atoms with Crippen LogP contribution in [-0.2, 0) is 10.9 Å². The Morgan fingerprint density at radius 2 is 2.06 bits per heavy atom. The van der Waals surface area contributed by atoms with Crippen LogP contribution in [0.25, 0.3) is 0 Å². The zero-order chi connectivity index (χ0) is 12.3. The van der Waals surface area contributed by atoms with Crippen LogP contribution in [0.5, 0.6) is 0 Å². The highest BCUT2D eigenvalue weighted by Gasteiger charge is 2.33. The average Bonchev–Trinajstić information content (AvgIpc) is 2.16. The molecule has 0 heterocycles. The summed E-state index contributed by atoms with van der Waals surface area (Å²) in [4.78, 5) is 0. The summed E-state index contributed by atoms with van der Waals surface area (Å²) in [7, 11) is 1.43. The van der Waals surface area contributed by atoms with E-state index < -0.39 is 17.8 Å². The highest BCUT2D eigenvalue weighted by atomic mass is 35.5. The molecule has 0 unspecified atom stereocenters. The molecule has 2 N–H and O–H groups in total. The first kappa shape index (κ1) is 13.3. The molecule has 0 amide bonds. The molecule has 1 aromatic rings. The van der Waals surface area contributed by atoms with Crippen molar-refractivity contribution in [2.75, 3.05) is 13.7 Å². The molecule has 2 nitrogen and oxygen atoms in total. The van der Waals surface area contributed by atoms with Gasteiger partial charge in [0.2, 0.25) is 0 Å². The first-order chi connectivity index (χ1) is 7.36. The second-order valence-electron chi connectivity index (χ2n) is 3.30. The minimum absolute atomic E-state index is 0.152. The lowest BCUT2D eigenvalue weighted by Gasteiger charge is -2.14. The summed E-state index contributed by atoms with van der Waals surface area (Å²) in [6.07, 6.45) is -4.47. The molecule has 0 spiro atoms. The lowest BCUT2D eigenvalue weighted by molar-refractivity contribution is -0.137. The summed E-state index contributed by atoms with van der Waals surface area (Å²) in [5.41, 5.74) is 5.10. The Hall–Kier alpha value is -0.780. The quantitative estimate of drug-likeness (QED) is 0.899. The number of alkyl halides is 3. The van der Waals surface area contributed by atoms with Gasteiger partial charge in [0, 0.05) is 7.11 Å². The van der Waals surface area contributed by atoms with Gasteiger partial charge in [0.1, 0.15) is 0 Å². The van der Waals surface area contributed by atoms with Crippen molar-refractivity contribution >= 4 is 11.6 Å². The maximum absolute atomic E-state index is 12.5. The third-order valence-electron chi connectivity index (χ3n) is 2.07. The van der Waals surface area contributed by atoms with E-state index in [0.29, 0.717) is 5.56 Å². The van der Waals surface area contributed by atoms with Gasteiger partial charge in [0.05, 0.1) is 23.2 Å². The predicted molar refractivity (Wildman–Crippen MR) is 55.3 cm³/mol. The smallest absolute Gasteiger partial charge is 0.383 e. The second-order valence-corrected chi connectivity index (χ2v) is 3.71. The number of methoxy groups -OCH3 is 1. The molecule has 16 heavy (non-hydrogen) atoms. The van der Waals surface area contributed by atoms with Crippen molar-refractivity contribution < 1.29 is 17.9 Å². The van der Waals surface area contributed by atoms with E-state index in [2.05, 4.69) is 0 Å². The minimum atomic E-state index is -4.47. The zero-order valence-corrected chi connectivity index (χ0v) is 9.27. The minimum Gasteiger partial charge on any atom is -0.383 e. The van der Waals surface area contributed by atoms with Crippen LogP contribution in [0.3, 0.4) is 0 Å². The summed E-state index contributed by atoms with van der Waals surface area (Å²) in [6.45, 7) is 0.152. The maximum Gasteiger partial charge on any atom is 0.417 e. The number of nitrogens with two attached hydrogens (primary N) is 1. The summed E-state index contributed by atoms with van der Waals surface area (Å²) >= 11 is 5.47. The molecule has 1 atom stereocenters. The van der Waals surface area contributed by atoms with Gasteiger partial charge in [-0.2, -0.15) is 13.2 Å². The standard InChI is InChI=1S/C10H11ClF3NO/c1-16-5-9(15)6-2-3-8(11)7(4-6)10(12,13)14/h2-4,9H,5,15H2,1H3/t9-/m0/s1. The Kier molecular flexibility index (Phi) is 4.18. The topological polar surface area (TPSA) is 35.2 Å². The Bertz CT molecular complexity index is 368. The van der Waals surface area contributed by atoms with Crippen LogP contribution in [-0.4, -0.2) is 13.7 Å². The van der Waals surface area contributed by atoms with Crippen LogP contribution < -0.4 is 5.73 Å². The lowest BCUT2D eigenvalue weighted by atomic mass is 10.0. The van der Waals surface area contributed by atoms with Crippen LogP contribution in [0.15, 0.2) is 18.2 Å². The van der Waals surface area contributed by atoms with Crippen LogP contribution in [0.4, 0.5) is 13.2 Å². The summed E-state index contributed by atoms with van der Waals surface area (Å²) in [5, 5.41) is -0.333. The second kappa shape index (κ2) is 5.03. The van der Waals surface area contributed by atoms with Crippen LogP contribution in [0.1, 0.15) is 17.2 Å². The first-order valence-corrected chi connectivity index (χ1v) is 4.85. The van der Waals surface area contributed by atoms with E-state index in [1.54, 1.807) is 0 Å². The van der Waals surface area contributed by atoms with Crippen molar-refractivity contribution in [2.24, 2.45) is 5.73 Å². The van der Waals surface area contributed by atoms with Crippen molar-refractivity contribution in [3.8, 4) is 0 Å². The maximum atomic E-state index is 12.5. The van der Waals surface area contributed by atoms with Crippen molar-refractivity contribution in [3.05, 3.63) is 34.3 Å². The number of rotatable bonds is 3. The zero-order valence-electron chi connectivity index (χ0n) is 8.51. The fraction of sp³-hybridized carbons (Fsp3) is 0.400. The van der Waals surface area contributed by atoms with E-state index in [1.165, 1.54) is 19.2 Å². The van der Waals surface area contributed by atoms with Crippen molar-refractivity contribution in [2.45, 2.75) is 12.2 Å². The summed E-state index contributed by atoms with van der Waals surface area (Å²) in [5.74, 6) is 0. The normalized spacial score (nSPS) is 13.9. The molecular formula is C10H11ClF3NO. The molecule has 0 aliphatic heterocycles. The van der Waals surface area contributed by atoms with E-state index in [0.717, 1.165) is 6.07 Å². The number of benzene rings is 1. The fourth-order valence-corrected chi connectivity index (χ4v) is 1.49. The largest absolute Gasteiger partial charge is 0.417 e. The highest BCUT2D eigenvalue weighted by Crippen LogP contribution is 2.35. The molecule has 0 aromatic heterocycles. The summed E-state index contributed by atoms with van der Waals surface area (Å²) in [6, 6.07) is 3.01.